The highest BCUT2D eigenvalue weighted by Gasteiger charge is 2.36. The van der Waals surface area contributed by atoms with Crippen molar-refractivity contribution in [3.8, 4) is 0 Å². The van der Waals surface area contributed by atoms with E-state index < -0.39 is 0 Å². The molecular formula is C15H27NO2. The van der Waals surface area contributed by atoms with Crippen LogP contribution in [0, 0.1) is 23.7 Å². The summed E-state index contributed by atoms with van der Waals surface area (Å²) in [5.74, 6) is 2.34. The maximum absolute atomic E-state index is 12.4. The van der Waals surface area contributed by atoms with E-state index in [0.717, 1.165) is 19.4 Å². The number of amides is 1. The topological polar surface area (TPSA) is 38.3 Å². The summed E-state index contributed by atoms with van der Waals surface area (Å²) in [6, 6.07) is 0.252. The van der Waals surface area contributed by atoms with Crippen LogP contribution in [-0.4, -0.2) is 25.2 Å². The lowest BCUT2D eigenvalue weighted by molar-refractivity contribution is -0.130. The van der Waals surface area contributed by atoms with E-state index in [1.807, 2.05) is 0 Å². The molecular weight excluding hydrogens is 226 g/mol. The number of hydrogen-bond donors (Lipinski definition) is 1. The minimum Gasteiger partial charge on any atom is -0.379 e. The van der Waals surface area contributed by atoms with E-state index in [9.17, 15) is 4.79 Å². The van der Waals surface area contributed by atoms with Gasteiger partial charge in [-0.25, -0.2) is 0 Å². The standard InChI is InChI=1S/C15H27NO2/c1-10(2)13-5-4-11(3)8-14(13)15(17)16-12-6-7-18-9-12/h10-14H,4-9H2,1-3H3,(H,16,17)/t11?,12?,13-,14?/m0/s1. The zero-order chi connectivity index (χ0) is 13.1. The molecule has 0 bridgehead atoms. The summed E-state index contributed by atoms with van der Waals surface area (Å²) >= 11 is 0. The molecule has 0 aromatic carbocycles. The smallest absolute Gasteiger partial charge is 0.223 e. The summed E-state index contributed by atoms with van der Waals surface area (Å²) < 4.78 is 5.33. The summed E-state index contributed by atoms with van der Waals surface area (Å²) in [7, 11) is 0. The van der Waals surface area contributed by atoms with Crippen molar-refractivity contribution in [3.05, 3.63) is 0 Å². The zero-order valence-electron chi connectivity index (χ0n) is 11.9. The minimum atomic E-state index is 0.217. The van der Waals surface area contributed by atoms with Gasteiger partial charge in [-0.1, -0.05) is 27.2 Å². The molecule has 1 aliphatic carbocycles. The largest absolute Gasteiger partial charge is 0.379 e. The van der Waals surface area contributed by atoms with Gasteiger partial charge < -0.3 is 10.1 Å². The normalized spacial score (nSPS) is 36.9. The van der Waals surface area contributed by atoms with Crippen molar-refractivity contribution < 1.29 is 9.53 Å². The van der Waals surface area contributed by atoms with Crippen molar-refractivity contribution in [1.82, 2.24) is 5.32 Å². The second-order valence-corrected chi connectivity index (χ2v) is 6.50. The first-order chi connectivity index (χ1) is 8.58. The Labute approximate surface area is 111 Å². The number of rotatable bonds is 3. The third-order valence-corrected chi connectivity index (χ3v) is 4.64. The van der Waals surface area contributed by atoms with Crippen LogP contribution < -0.4 is 5.32 Å². The molecule has 3 nitrogen and oxygen atoms in total. The summed E-state index contributed by atoms with van der Waals surface area (Å²) in [5, 5.41) is 3.19. The Hall–Kier alpha value is -0.570. The fraction of sp³-hybridized carbons (Fsp3) is 0.933. The van der Waals surface area contributed by atoms with Crippen molar-refractivity contribution >= 4 is 5.91 Å². The van der Waals surface area contributed by atoms with E-state index in [1.54, 1.807) is 0 Å². The van der Waals surface area contributed by atoms with Crippen LogP contribution >= 0.6 is 0 Å². The van der Waals surface area contributed by atoms with Gasteiger partial charge in [0.2, 0.25) is 5.91 Å². The minimum absolute atomic E-state index is 0.217. The van der Waals surface area contributed by atoms with Crippen LogP contribution in [0.15, 0.2) is 0 Å². The van der Waals surface area contributed by atoms with E-state index in [0.29, 0.717) is 24.4 Å². The Bertz CT molecular complexity index is 284. The van der Waals surface area contributed by atoms with Gasteiger partial charge >= 0.3 is 0 Å². The Morgan fingerprint density at radius 3 is 2.67 bits per heavy atom. The van der Waals surface area contributed by atoms with Gasteiger partial charge in [0, 0.05) is 12.5 Å². The van der Waals surface area contributed by atoms with Gasteiger partial charge in [0.05, 0.1) is 12.6 Å². The first-order valence-corrected chi connectivity index (χ1v) is 7.46. The molecule has 1 N–H and O–H groups in total. The molecule has 0 aromatic rings. The van der Waals surface area contributed by atoms with E-state index in [4.69, 9.17) is 4.74 Å². The van der Waals surface area contributed by atoms with Gasteiger partial charge in [0.1, 0.15) is 0 Å². The Morgan fingerprint density at radius 1 is 1.28 bits per heavy atom. The SMILES string of the molecule is CC1CC[C@@H](C(C)C)C(C(=O)NC2CCOC2)C1. The quantitative estimate of drug-likeness (QED) is 0.839. The summed E-state index contributed by atoms with van der Waals surface area (Å²) in [5.41, 5.74) is 0. The van der Waals surface area contributed by atoms with Crippen LogP contribution in [0.5, 0.6) is 0 Å². The van der Waals surface area contributed by atoms with E-state index in [-0.39, 0.29) is 17.9 Å². The first kappa shape index (κ1) is 13.9. The van der Waals surface area contributed by atoms with Crippen LogP contribution in [0.3, 0.4) is 0 Å². The number of nitrogens with one attached hydrogen (secondary N) is 1. The molecule has 104 valence electrons. The number of ether oxygens (including phenoxy) is 1. The molecule has 18 heavy (non-hydrogen) atoms. The second kappa shape index (κ2) is 6.05. The van der Waals surface area contributed by atoms with Gasteiger partial charge in [-0.2, -0.15) is 0 Å². The third-order valence-electron chi connectivity index (χ3n) is 4.64. The van der Waals surface area contributed by atoms with Gasteiger partial charge in [-0.15, -0.1) is 0 Å². The fourth-order valence-corrected chi connectivity index (χ4v) is 3.46. The predicted molar refractivity (Wildman–Crippen MR) is 72.2 cm³/mol. The third kappa shape index (κ3) is 3.25. The van der Waals surface area contributed by atoms with Crippen molar-refractivity contribution in [1.29, 1.82) is 0 Å². The molecule has 3 heteroatoms. The van der Waals surface area contributed by atoms with Crippen molar-refractivity contribution in [2.45, 2.75) is 52.5 Å². The highest BCUT2D eigenvalue weighted by atomic mass is 16.5. The number of carbonyl (C=O) groups excluding carboxylic acids is 1. The molecule has 1 saturated heterocycles. The van der Waals surface area contributed by atoms with Crippen LogP contribution in [0.2, 0.25) is 0 Å². The van der Waals surface area contributed by atoms with E-state index in [1.165, 1.54) is 12.8 Å². The maximum atomic E-state index is 12.4. The van der Waals surface area contributed by atoms with E-state index >= 15 is 0 Å². The van der Waals surface area contributed by atoms with Gasteiger partial charge in [0.25, 0.3) is 0 Å². The number of hydrogen-bond acceptors (Lipinski definition) is 2. The monoisotopic (exact) mass is 253 g/mol. The molecule has 4 atom stereocenters. The highest BCUT2D eigenvalue weighted by molar-refractivity contribution is 5.79. The Balaban J connectivity index is 1.95. The number of carbonyl (C=O) groups is 1. The molecule has 2 fully saturated rings. The Morgan fingerprint density at radius 2 is 2.06 bits per heavy atom. The van der Waals surface area contributed by atoms with Crippen LogP contribution in [0.1, 0.15) is 46.5 Å². The lowest BCUT2D eigenvalue weighted by atomic mass is 9.69. The summed E-state index contributed by atoms with van der Waals surface area (Å²) in [4.78, 5) is 12.4. The van der Waals surface area contributed by atoms with E-state index in [2.05, 4.69) is 26.1 Å². The predicted octanol–water partition coefficient (Wildman–Crippen LogP) is 2.60. The molecule has 2 aliphatic rings. The molecule has 1 saturated carbocycles. The van der Waals surface area contributed by atoms with Crippen molar-refractivity contribution in [3.63, 3.8) is 0 Å². The van der Waals surface area contributed by atoms with Crippen LogP contribution in [0.25, 0.3) is 0 Å². The second-order valence-electron chi connectivity index (χ2n) is 6.50. The molecule has 0 aromatic heterocycles. The van der Waals surface area contributed by atoms with Crippen molar-refractivity contribution in [2.24, 2.45) is 23.7 Å². The lowest BCUT2D eigenvalue weighted by Gasteiger charge is -2.36. The molecule has 1 aliphatic heterocycles. The lowest BCUT2D eigenvalue weighted by Crippen LogP contribution is -2.44. The molecule has 0 radical (unpaired) electrons. The summed E-state index contributed by atoms with van der Waals surface area (Å²) in [6.45, 7) is 8.26. The highest BCUT2D eigenvalue weighted by Crippen LogP contribution is 2.38. The molecule has 3 unspecified atom stereocenters. The Kier molecular flexibility index (Phi) is 4.66. The first-order valence-electron chi connectivity index (χ1n) is 7.46. The fourth-order valence-electron chi connectivity index (χ4n) is 3.46. The maximum Gasteiger partial charge on any atom is 0.223 e. The van der Waals surface area contributed by atoms with Gasteiger partial charge in [-0.05, 0) is 37.0 Å². The average Bonchev–Trinajstić information content (AvgIpc) is 2.81. The molecule has 0 spiro atoms. The molecule has 2 rings (SSSR count). The molecule has 1 amide bonds. The van der Waals surface area contributed by atoms with Gasteiger partial charge in [0.15, 0.2) is 0 Å². The molecule has 1 heterocycles. The average molecular weight is 253 g/mol. The van der Waals surface area contributed by atoms with Gasteiger partial charge in [-0.3, -0.25) is 4.79 Å². The summed E-state index contributed by atoms with van der Waals surface area (Å²) in [6.07, 6.45) is 4.51. The zero-order valence-corrected chi connectivity index (χ0v) is 11.9. The van der Waals surface area contributed by atoms with Crippen LogP contribution in [-0.2, 0) is 9.53 Å². The van der Waals surface area contributed by atoms with Crippen LogP contribution in [0.4, 0.5) is 0 Å². The van der Waals surface area contributed by atoms with Crippen molar-refractivity contribution in [2.75, 3.05) is 13.2 Å².